The molecular weight excluding hydrogens is 184 g/mol. The van der Waals surface area contributed by atoms with Gasteiger partial charge in [-0.1, -0.05) is 11.8 Å². The highest BCUT2D eigenvalue weighted by molar-refractivity contribution is 7.98. The molecule has 70 valence electrons. The first kappa shape index (κ1) is 8.74. The second kappa shape index (κ2) is 3.49. The molecule has 0 aliphatic heterocycles. The van der Waals surface area contributed by atoms with Gasteiger partial charge in [-0.15, -0.1) is 0 Å². The molecule has 0 radical (unpaired) electrons. The zero-order valence-electron chi connectivity index (χ0n) is 7.53. The van der Waals surface area contributed by atoms with Gasteiger partial charge in [0.15, 0.2) is 5.16 Å². The van der Waals surface area contributed by atoms with Crippen LogP contribution in [0.15, 0.2) is 5.16 Å². The standard InChI is InChI=1S/C8H12N4S/c1-13-8-11-6(4-5-2-3-5)10-7(9)12-8/h5H,2-4H2,1H3,(H2,9,10,11,12). The van der Waals surface area contributed by atoms with Crippen LogP contribution in [-0.2, 0) is 6.42 Å². The highest BCUT2D eigenvalue weighted by Crippen LogP contribution is 2.31. The summed E-state index contributed by atoms with van der Waals surface area (Å²) < 4.78 is 0. The van der Waals surface area contributed by atoms with Gasteiger partial charge in [-0.3, -0.25) is 0 Å². The fraction of sp³-hybridized carbons (Fsp3) is 0.625. The van der Waals surface area contributed by atoms with E-state index < -0.39 is 0 Å². The average molecular weight is 196 g/mol. The van der Waals surface area contributed by atoms with Crippen molar-refractivity contribution in [2.45, 2.75) is 24.4 Å². The van der Waals surface area contributed by atoms with Gasteiger partial charge in [-0.25, -0.2) is 4.98 Å². The van der Waals surface area contributed by atoms with Crippen LogP contribution < -0.4 is 5.73 Å². The number of aromatic nitrogens is 3. The van der Waals surface area contributed by atoms with Crippen molar-refractivity contribution in [2.75, 3.05) is 12.0 Å². The molecule has 13 heavy (non-hydrogen) atoms. The minimum atomic E-state index is 0.343. The van der Waals surface area contributed by atoms with E-state index in [2.05, 4.69) is 15.0 Å². The molecular formula is C8H12N4S. The number of nitrogen functional groups attached to an aromatic ring is 1. The van der Waals surface area contributed by atoms with Crippen LogP contribution >= 0.6 is 11.8 Å². The van der Waals surface area contributed by atoms with Crippen LogP contribution in [-0.4, -0.2) is 21.2 Å². The van der Waals surface area contributed by atoms with Gasteiger partial charge in [-0.05, 0) is 25.0 Å². The SMILES string of the molecule is CSc1nc(N)nc(CC2CC2)n1. The van der Waals surface area contributed by atoms with E-state index in [9.17, 15) is 0 Å². The Labute approximate surface area is 81.4 Å². The minimum absolute atomic E-state index is 0.343. The smallest absolute Gasteiger partial charge is 0.224 e. The van der Waals surface area contributed by atoms with Crippen LogP contribution in [0.5, 0.6) is 0 Å². The van der Waals surface area contributed by atoms with E-state index in [0.29, 0.717) is 5.95 Å². The van der Waals surface area contributed by atoms with Crippen LogP contribution in [0.2, 0.25) is 0 Å². The lowest BCUT2D eigenvalue weighted by Crippen LogP contribution is -2.04. The summed E-state index contributed by atoms with van der Waals surface area (Å²) in [4.78, 5) is 12.4. The molecule has 5 heteroatoms. The zero-order valence-corrected chi connectivity index (χ0v) is 8.34. The lowest BCUT2D eigenvalue weighted by Gasteiger charge is -2.01. The Bertz CT molecular complexity index is 311. The topological polar surface area (TPSA) is 64.7 Å². The maximum Gasteiger partial charge on any atom is 0.224 e. The third-order valence-electron chi connectivity index (χ3n) is 2.03. The first-order valence-electron chi connectivity index (χ1n) is 4.32. The van der Waals surface area contributed by atoms with Gasteiger partial charge >= 0.3 is 0 Å². The van der Waals surface area contributed by atoms with Crippen molar-refractivity contribution in [2.24, 2.45) is 5.92 Å². The third kappa shape index (κ3) is 2.30. The van der Waals surface area contributed by atoms with Gasteiger partial charge in [0.1, 0.15) is 5.82 Å². The highest BCUT2D eigenvalue weighted by Gasteiger charge is 2.23. The molecule has 0 atom stereocenters. The van der Waals surface area contributed by atoms with Crippen molar-refractivity contribution in [3.05, 3.63) is 5.82 Å². The number of hydrogen-bond acceptors (Lipinski definition) is 5. The molecule has 2 rings (SSSR count). The number of rotatable bonds is 3. The number of thioether (sulfide) groups is 1. The summed E-state index contributed by atoms with van der Waals surface area (Å²) in [6.45, 7) is 0. The predicted octanol–water partition coefficient (Wildman–Crippen LogP) is 1.13. The Morgan fingerprint density at radius 1 is 1.38 bits per heavy atom. The molecule has 4 nitrogen and oxygen atoms in total. The molecule has 1 aliphatic carbocycles. The second-order valence-corrected chi connectivity index (χ2v) is 4.02. The van der Waals surface area contributed by atoms with Gasteiger partial charge in [0.05, 0.1) is 0 Å². The number of hydrogen-bond donors (Lipinski definition) is 1. The largest absolute Gasteiger partial charge is 0.368 e. The van der Waals surface area contributed by atoms with Gasteiger partial charge in [0.25, 0.3) is 0 Å². The van der Waals surface area contributed by atoms with Crippen molar-refractivity contribution in [1.82, 2.24) is 15.0 Å². The predicted molar refractivity (Wildman–Crippen MR) is 52.4 cm³/mol. The van der Waals surface area contributed by atoms with E-state index in [1.165, 1.54) is 24.6 Å². The molecule has 1 heterocycles. The third-order valence-corrected chi connectivity index (χ3v) is 2.58. The quantitative estimate of drug-likeness (QED) is 0.734. The van der Waals surface area contributed by atoms with E-state index in [4.69, 9.17) is 5.73 Å². The zero-order chi connectivity index (χ0) is 9.26. The molecule has 1 aliphatic rings. The van der Waals surface area contributed by atoms with E-state index >= 15 is 0 Å². The van der Waals surface area contributed by atoms with Crippen LogP contribution in [0.4, 0.5) is 5.95 Å². The van der Waals surface area contributed by atoms with E-state index in [0.717, 1.165) is 23.3 Å². The number of anilines is 1. The van der Waals surface area contributed by atoms with Gasteiger partial charge in [0, 0.05) is 6.42 Å². The van der Waals surface area contributed by atoms with Gasteiger partial charge < -0.3 is 5.73 Å². The fourth-order valence-corrected chi connectivity index (χ4v) is 1.56. The van der Waals surface area contributed by atoms with Crippen LogP contribution in [0, 0.1) is 5.92 Å². The first-order valence-corrected chi connectivity index (χ1v) is 5.55. The summed E-state index contributed by atoms with van der Waals surface area (Å²) in [6.07, 6.45) is 5.51. The van der Waals surface area contributed by atoms with E-state index in [-0.39, 0.29) is 0 Å². The van der Waals surface area contributed by atoms with Gasteiger partial charge in [-0.2, -0.15) is 9.97 Å². The molecule has 1 saturated carbocycles. The molecule has 0 aromatic carbocycles. The number of nitrogens with two attached hydrogens (primary N) is 1. The van der Waals surface area contributed by atoms with Crippen molar-refractivity contribution in [3.63, 3.8) is 0 Å². The Balaban J connectivity index is 2.17. The second-order valence-electron chi connectivity index (χ2n) is 3.24. The number of nitrogens with zero attached hydrogens (tertiary/aromatic N) is 3. The summed E-state index contributed by atoms with van der Waals surface area (Å²) in [7, 11) is 0. The maximum absolute atomic E-state index is 5.56. The van der Waals surface area contributed by atoms with Gasteiger partial charge in [0.2, 0.25) is 5.95 Å². The molecule has 1 aromatic heterocycles. The van der Waals surface area contributed by atoms with Crippen LogP contribution in [0.3, 0.4) is 0 Å². The molecule has 1 aromatic rings. The van der Waals surface area contributed by atoms with Crippen LogP contribution in [0.1, 0.15) is 18.7 Å². The maximum atomic E-state index is 5.56. The van der Waals surface area contributed by atoms with Crippen molar-refractivity contribution < 1.29 is 0 Å². The van der Waals surface area contributed by atoms with E-state index in [1.807, 2.05) is 6.26 Å². The Kier molecular flexibility index (Phi) is 2.35. The molecule has 2 N–H and O–H groups in total. The molecule has 1 fully saturated rings. The van der Waals surface area contributed by atoms with Crippen molar-refractivity contribution in [1.29, 1.82) is 0 Å². The molecule has 0 unspecified atom stereocenters. The lowest BCUT2D eigenvalue weighted by molar-refractivity contribution is 0.733. The monoisotopic (exact) mass is 196 g/mol. The molecule has 0 amide bonds. The highest BCUT2D eigenvalue weighted by atomic mass is 32.2. The summed E-state index contributed by atoms with van der Waals surface area (Å²) in [5.41, 5.74) is 5.56. The van der Waals surface area contributed by atoms with E-state index in [1.54, 1.807) is 0 Å². The summed E-state index contributed by atoms with van der Waals surface area (Å²) in [5.74, 6) is 1.98. The Morgan fingerprint density at radius 3 is 2.77 bits per heavy atom. The minimum Gasteiger partial charge on any atom is -0.368 e. The summed E-state index contributed by atoms with van der Waals surface area (Å²) in [5, 5.41) is 0.725. The van der Waals surface area contributed by atoms with Crippen molar-refractivity contribution in [3.8, 4) is 0 Å². The Morgan fingerprint density at radius 2 is 2.15 bits per heavy atom. The summed E-state index contributed by atoms with van der Waals surface area (Å²) >= 11 is 1.50. The lowest BCUT2D eigenvalue weighted by atomic mass is 10.3. The molecule has 0 saturated heterocycles. The molecule has 0 spiro atoms. The molecule has 0 bridgehead atoms. The fourth-order valence-electron chi connectivity index (χ4n) is 1.18. The average Bonchev–Trinajstić information content (AvgIpc) is 2.87. The first-order chi connectivity index (χ1) is 6.28. The van der Waals surface area contributed by atoms with Crippen LogP contribution in [0.25, 0.3) is 0 Å². The summed E-state index contributed by atoms with van der Waals surface area (Å²) in [6, 6.07) is 0. The van der Waals surface area contributed by atoms with Crippen molar-refractivity contribution >= 4 is 17.7 Å². The normalized spacial score (nSPS) is 16.1. The Hall–Kier alpha value is -0.840.